The number of hydrogen-bond donors (Lipinski definition) is 3. The number of sulfonamides is 1. The lowest BCUT2D eigenvalue weighted by molar-refractivity contribution is 0.0951. The van der Waals surface area contributed by atoms with Crippen molar-refractivity contribution in [2.45, 2.75) is 0 Å². The van der Waals surface area contributed by atoms with Gasteiger partial charge in [-0.25, -0.2) is 23.5 Å². The third-order valence-electron chi connectivity index (χ3n) is 1.58. The van der Waals surface area contributed by atoms with Crippen molar-refractivity contribution in [3.63, 3.8) is 0 Å². The van der Waals surface area contributed by atoms with Crippen LogP contribution in [0.25, 0.3) is 0 Å². The van der Waals surface area contributed by atoms with Crippen LogP contribution < -0.4 is 16.2 Å². The van der Waals surface area contributed by atoms with Crippen LogP contribution in [0, 0.1) is 0 Å². The highest BCUT2D eigenvalue weighted by molar-refractivity contribution is 7.89. The van der Waals surface area contributed by atoms with Crippen molar-refractivity contribution in [1.82, 2.24) is 15.3 Å². The van der Waals surface area contributed by atoms with E-state index in [1.165, 1.54) is 12.4 Å². The lowest BCUT2D eigenvalue weighted by Gasteiger charge is -2.03. The Kier molecular flexibility index (Phi) is 3.74. The quantitative estimate of drug-likeness (QED) is 0.564. The second kappa shape index (κ2) is 4.86. The summed E-state index contributed by atoms with van der Waals surface area (Å²) in [6, 6.07) is 0. The van der Waals surface area contributed by atoms with Crippen LogP contribution in [0.2, 0.25) is 0 Å². The molecule has 1 aromatic heterocycles. The number of nitrogens with one attached hydrogen (secondary N) is 1. The minimum absolute atomic E-state index is 0.0589. The second-order valence-electron chi connectivity index (χ2n) is 2.95. The number of nitrogen functional groups attached to an aromatic ring is 1. The predicted octanol–water partition coefficient (Wildman–Crippen LogP) is -1.92. The first-order valence-corrected chi connectivity index (χ1v) is 5.96. The number of rotatable bonds is 4. The van der Waals surface area contributed by atoms with E-state index >= 15 is 0 Å². The van der Waals surface area contributed by atoms with Gasteiger partial charge < -0.3 is 11.1 Å². The third kappa shape index (κ3) is 4.19. The summed E-state index contributed by atoms with van der Waals surface area (Å²) in [6.45, 7) is -0.0796. The van der Waals surface area contributed by atoms with Crippen molar-refractivity contribution < 1.29 is 13.2 Å². The molecule has 1 rings (SSSR count). The average molecular weight is 245 g/mol. The van der Waals surface area contributed by atoms with Gasteiger partial charge in [0.1, 0.15) is 11.5 Å². The van der Waals surface area contributed by atoms with E-state index in [2.05, 4.69) is 15.3 Å². The summed E-state index contributed by atoms with van der Waals surface area (Å²) in [6.07, 6.45) is 2.43. The van der Waals surface area contributed by atoms with Gasteiger partial charge in [0.25, 0.3) is 5.91 Å². The van der Waals surface area contributed by atoms with Gasteiger partial charge in [-0.15, -0.1) is 0 Å². The summed E-state index contributed by atoms with van der Waals surface area (Å²) >= 11 is 0. The first kappa shape index (κ1) is 12.3. The SMILES string of the molecule is Nc1cnc(C(=O)NCCS(N)(=O)=O)cn1. The van der Waals surface area contributed by atoms with Gasteiger partial charge in [0.15, 0.2) is 0 Å². The fourth-order valence-electron chi connectivity index (χ4n) is 0.853. The van der Waals surface area contributed by atoms with Gasteiger partial charge in [-0.2, -0.15) is 0 Å². The molecule has 5 N–H and O–H groups in total. The molecule has 1 aromatic rings. The largest absolute Gasteiger partial charge is 0.382 e. The molecule has 0 bridgehead atoms. The zero-order chi connectivity index (χ0) is 12.2. The van der Waals surface area contributed by atoms with E-state index in [1.807, 2.05) is 0 Å². The molecule has 1 heterocycles. The van der Waals surface area contributed by atoms with E-state index in [1.54, 1.807) is 0 Å². The zero-order valence-electron chi connectivity index (χ0n) is 8.25. The Morgan fingerprint density at radius 1 is 1.38 bits per heavy atom. The molecule has 1 amide bonds. The topological polar surface area (TPSA) is 141 Å². The number of carbonyl (C=O) groups excluding carboxylic acids is 1. The molecule has 16 heavy (non-hydrogen) atoms. The Morgan fingerprint density at radius 2 is 2.06 bits per heavy atom. The minimum Gasteiger partial charge on any atom is -0.382 e. The van der Waals surface area contributed by atoms with E-state index in [-0.39, 0.29) is 23.8 Å². The molecule has 8 nitrogen and oxygen atoms in total. The Balaban J connectivity index is 2.50. The highest BCUT2D eigenvalue weighted by Gasteiger charge is 2.08. The molecule has 0 saturated heterocycles. The molecule has 0 aliphatic carbocycles. The van der Waals surface area contributed by atoms with Crippen LogP contribution in [-0.4, -0.2) is 36.6 Å². The van der Waals surface area contributed by atoms with Crippen molar-refractivity contribution in [1.29, 1.82) is 0 Å². The van der Waals surface area contributed by atoms with Crippen molar-refractivity contribution in [2.24, 2.45) is 5.14 Å². The Labute approximate surface area is 92.1 Å². The molecule has 9 heteroatoms. The van der Waals surface area contributed by atoms with E-state index in [4.69, 9.17) is 10.9 Å². The number of amides is 1. The van der Waals surface area contributed by atoms with Crippen LogP contribution in [0.3, 0.4) is 0 Å². The second-order valence-corrected chi connectivity index (χ2v) is 4.68. The number of anilines is 1. The van der Waals surface area contributed by atoms with E-state index in [9.17, 15) is 13.2 Å². The molecule has 0 fully saturated rings. The molecule has 0 radical (unpaired) electrons. The summed E-state index contributed by atoms with van der Waals surface area (Å²) in [7, 11) is -3.58. The zero-order valence-corrected chi connectivity index (χ0v) is 9.07. The molecule has 0 aliphatic heterocycles. The van der Waals surface area contributed by atoms with Crippen LogP contribution in [0.5, 0.6) is 0 Å². The number of hydrogen-bond acceptors (Lipinski definition) is 6. The molecule has 0 aromatic carbocycles. The van der Waals surface area contributed by atoms with Crippen LogP contribution >= 0.6 is 0 Å². The van der Waals surface area contributed by atoms with Crippen LogP contribution in [-0.2, 0) is 10.0 Å². The van der Waals surface area contributed by atoms with Crippen LogP contribution in [0.1, 0.15) is 10.5 Å². The fraction of sp³-hybridized carbons (Fsp3) is 0.286. The summed E-state index contributed by atoms with van der Waals surface area (Å²) in [4.78, 5) is 18.7. The third-order valence-corrected chi connectivity index (χ3v) is 2.35. The Morgan fingerprint density at radius 3 is 2.56 bits per heavy atom. The number of primary sulfonamides is 1. The summed E-state index contributed by atoms with van der Waals surface area (Å²) < 4.78 is 21.2. The minimum atomic E-state index is -3.58. The summed E-state index contributed by atoms with van der Waals surface area (Å²) in [5.74, 6) is -0.668. The van der Waals surface area contributed by atoms with Gasteiger partial charge in [-0.1, -0.05) is 0 Å². The van der Waals surface area contributed by atoms with E-state index < -0.39 is 15.9 Å². The molecule has 0 saturated carbocycles. The molecule has 0 spiro atoms. The lowest BCUT2D eigenvalue weighted by Crippen LogP contribution is -2.32. The van der Waals surface area contributed by atoms with Crippen LogP contribution in [0.4, 0.5) is 5.82 Å². The number of nitrogens with two attached hydrogens (primary N) is 2. The fourth-order valence-corrected chi connectivity index (χ4v) is 1.24. The highest BCUT2D eigenvalue weighted by Crippen LogP contribution is 1.95. The van der Waals surface area contributed by atoms with E-state index in [0.717, 1.165) is 0 Å². The molecule has 0 aliphatic rings. The maximum atomic E-state index is 11.4. The van der Waals surface area contributed by atoms with Gasteiger partial charge in [-0.3, -0.25) is 4.79 Å². The Bertz CT molecular complexity index is 469. The van der Waals surface area contributed by atoms with Gasteiger partial charge >= 0.3 is 0 Å². The standard InChI is InChI=1S/C7H11N5O3S/c8-6-4-11-5(3-12-6)7(13)10-1-2-16(9,14)15/h3-4H,1-2H2,(H2,8,12)(H,10,13)(H2,9,14,15). The number of carbonyl (C=O) groups is 1. The first-order valence-electron chi connectivity index (χ1n) is 4.25. The first-order chi connectivity index (χ1) is 7.38. The number of nitrogens with zero attached hydrogens (tertiary/aromatic N) is 2. The Hall–Kier alpha value is -1.74. The molecule has 0 atom stereocenters. The summed E-state index contributed by atoms with van der Waals surface area (Å²) in [5.41, 5.74) is 5.34. The van der Waals surface area contributed by atoms with Crippen molar-refractivity contribution >= 4 is 21.7 Å². The van der Waals surface area contributed by atoms with Gasteiger partial charge in [0.2, 0.25) is 10.0 Å². The smallest absolute Gasteiger partial charge is 0.271 e. The van der Waals surface area contributed by atoms with Gasteiger partial charge in [0.05, 0.1) is 18.1 Å². The molecule has 88 valence electrons. The maximum absolute atomic E-state index is 11.4. The number of aromatic nitrogens is 2. The van der Waals surface area contributed by atoms with Crippen molar-refractivity contribution in [3.8, 4) is 0 Å². The average Bonchev–Trinajstić information content (AvgIpc) is 2.16. The predicted molar refractivity (Wildman–Crippen MR) is 56.8 cm³/mol. The highest BCUT2D eigenvalue weighted by atomic mass is 32.2. The maximum Gasteiger partial charge on any atom is 0.271 e. The summed E-state index contributed by atoms with van der Waals surface area (Å²) in [5, 5.41) is 7.09. The monoisotopic (exact) mass is 245 g/mol. The van der Waals surface area contributed by atoms with Gasteiger partial charge in [-0.05, 0) is 0 Å². The van der Waals surface area contributed by atoms with Crippen molar-refractivity contribution in [2.75, 3.05) is 18.0 Å². The molecular formula is C7H11N5O3S. The molecule has 0 unspecified atom stereocenters. The van der Waals surface area contributed by atoms with E-state index in [0.29, 0.717) is 0 Å². The van der Waals surface area contributed by atoms with Crippen molar-refractivity contribution in [3.05, 3.63) is 18.1 Å². The van der Waals surface area contributed by atoms with Crippen LogP contribution in [0.15, 0.2) is 12.4 Å². The normalized spacial score (nSPS) is 11.1. The molecular weight excluding hydrogens is 234 g/mol. The van der Waals surface area contributed by atoms with Gasteiger partial charge in [0, 0.05) is 6.54 Å². The lowest BCUT2D eigenvalue weighted by atomic mass is 10.4.